The first kappa shape index (κ1) is 14.0. The number of nitrogens with zero attached hydrogens (tertiary/aromatic N) is 1. The van der Waals surface area contributed by atoms with Gasteiger partial charge in [0.2, 0.25) is 0 Å². The molecular weight excluding hydrogens is 229 g/mol. The van der Waals surface area contributed by atoms with Gasteiger partial charge in [0.25, 0.3) is 0 Å². The molecule has 1 rings (SSSR count). The van der Waals surface area contributed by atoms with Crippen molar-refractivity contribution < 1.29 is 9.18 Å². The summed E-state index contributed by atoms with van der Waals surface area (Å²) in [7, 11) is 0. The molecule has 1 aromatic heterocycles. The van der Waals surface area contributed by atoms with Gasteiger partial charge in [0.15, 0.2) is 11.6 Å². The first-order valence-electron chi connectivity index (χ1n) is 5.66. The van der Waals surface area contributed by atoms with E-state index < -0.39 is 5.82 Å². The monoisotopic (exact) mass is 245 g/mol. The topological polar surface area (TPSA) is 30.0 Å². The van der Waals surface area contributed by atoms with Crippen molar-refractivity contribution in [1.29, 1.82) is 0 Å². The smallest absolute Gasteiger partial charge is 0.186 e. The van der Waals surface area contributed by atoms with Crippen LogP contribution in [0.3, 0.4) is 0 Å². The maximum absolute atomic E-state index is 13.8. The zero-order valence-electron chi connectivity index (χ0n) is 10.6. The Morgan fingerprint density at radius 1 is 1.44 bits per heavy atom. The van der Waals surface area contributed by atoms with E-state index in [1.807, 2.05) is 0 Å². The van der Waals surface area contributed by atoms with Gasteiger partial charge < -0.3 is 0 Å². The van der Waals surface area contributed by atoms with E-state index in [1.165, 1.54) is 12.3 Å². The molecule has 0 aliphatic heterocycles. The Morgan fingerprint density at radius 2 is 2.11 bits per heavy atom. The van der Waals surface area contributed by atoms with Crippen LogP contribution in [0.1, 0.15) is 29.9 Å². The molecular formula is C15H16FNO. The molecule has 18 heavy (non-hydrogen) atoms. The number of ketones is 1. The summed E-state index contributed by atoms with van der Waals surface area (Å²) in [5, 5.41) is 0. The Balaban J connectivity index is 3.21. The Bertz CT molecular complexity index is 515. The summed E-state index contributed by atoms with van der Waals surface area (Å²) < 4.78 is 13.8. The van der Waals surface area contributed by atoms with Gasteiger partial charge >= 0.3 is 0 Å². The van der Waals surface area contributed by atoms with Crippen LogP contribution in [0, 0.1) is 11.7 Å². The fraction of sp³-hybridized carbons (Fsp3) is 0.200. The lowest BCUT2D eigenvalue weighted by atomic mass is 10.0. The zero-order chi connectivity index (χ0) is 13.7. The fourth-order valence-corrected chi connectivity index (χ4v) is 1.46. The van der Waals surface area contributed by atoms with Gasteiger partial charge in [-0.05, 0) is 11.6 Å². The predicted octanol–water partition coefficient (Wildman–Crippen LogP) is 3.81. The molecule has 2 nitrogen and oxygen atoms in total. The third-order valence-electron chi connectivity index (χ3n) is 2.45. The second-order valence-corrected chi connectivity index (χ2v) is 4.14. The van der Waals surface area contributed by atoms with Gasteiger partial charge in [-0.1, -0.05) is 45.2 Å². The molecule has 0 radical (unpaired) electrons. The molecule has 0 unspecified atom stereocenters. The molecule has 0 saturated heterocycles. The number of Topliss-reactive ketones (excluding diaryl/α,β-unsaturated/α-hetero) is 1. The SMILES string of the molecule is C=C/C=C(\C=C)c1cnc(C(=O)C(C)C)c(F)c1. The summed E-state index contributed by atoms with van der Waals surface area (Å²) in [6.07, 6.45) is 6.34. The second kappa shape index (κ2) is 6.05. The molecule has 0 spiro atoms. The van der Waals surface area contributed by atoms with E-state index in [-0.39, 0.29) is 17.4 Å². The van der Waals surface area contributed by atoms with Crippen molar-refractivity contribution in [3.63, 3.8) is 0 Å². The minimum Gasteiger partial charge on any atom is -0.292 e. The van der Waals surface area contributed by atoms with Gasteiger partial charge in [0, 0.05) is 17.7 Å². The molecule has 94 valence electrons. The Kier molecular flexibility index (Phi) is 4.72. The summed E-state index contributed by atoms with van der Waals surface area (Å²) in [5.74, 6) is -1.18. The maximum Gasteiger partial charge on any atom is 0.186 e. The van der Waals surface area contributed by atoms with E-state index in [2.05, 4.69) is 18.1 Å². The van der Waals surface area contributed by atoms with Gasteiger partial charge in [-0.15, -0.1) is 0 Å². The van der Waals surface area contributed by atoms with Gasteiger partial charge in [0.05, 0.1) is 0 Å². The number of rotatable bonds is 5. The predicted molar refractivity (Wildman–Crippen MR) is 71.7 cm³/mol. The van der Waals surface area contributed by atoms with E-state index >= 15 is 0 Å². The first-order chi connectivity index (χ1) is 8.51. The Labute approximate surface area is 107 Å². The maximum atomic E-state index is 13.8. The summed E-state index contributed by atoms with van der Waals surface area (Å²) >= 11 is 0. The molecule has 0 saturated carbocycles. The number of allylic oxidation sites excluding steroid dienone is 4. The molecule has 1 aromatic rings. The average Bonchev–Trinajstić information content (AvgIpc) is 2.34. The van der Waals surface area contributed by atoms with Crippen molar-refractivity contribution in [3.8, 4) is 0 Å². The minimum atomic E-state index is -0.608. The Hall–Kier alpha value is -2.03. The van der Waals surface area contributed by atoms with Gasteiger partial charge in [-0.3, -0.25) is 4.79 Å². The molecule has 0 amide bonds. The zero-order valence-corrected chi connectivity index (χ0v) is 10.6. The van der Waals surface area contributed by atoms with Crippen molar-refractivity contribution in [2.75, 3.05) is 0 Å². The van der Waals surface area contributed by atoms with E-state index in [0.29, 0.717) is 11.1 Å². The quantitative estimate of drug-likeness (QED) is 0.583. The van der Waals surface area contributed by atoms with Crippen LogP contribution in [0.15, 0.2) is 43.6 Å². The summed E-state index contributed by atoms with van der Waals surface area (Å²) in [6, 6.07) is 1.29. The standard InChI is InChI=1S/C15H16FNO/c1-5-7-11(6-2)12-8-13(16)14(17-9-12)15(18)10(3)4/h5-10H,1-2H2,3-4H3/b11-7+. The molecule has 0 aliphatic carbocycles. The normalized spacial score (nSPS) is 11.4. The third kappa shape index (κ3) is 3.00. The molecule has 0 aliphatic rings. The number of hydrogen-bond acceptors (Lipinski definition) is 2. The number of carbonyl (C=O) groups excluding carboxylic acids is 1. The average molecular weight is 245 g/mol. The van der Waals surface area contributed by atoms with Crippen LogP contribution >= 0.6 is 0 Å². The number of pyridine rings is 1. The highest BCUT2D eigenvalue weighted by atomic mass is 19.1. The largest absolute Gasteiger partial charge is 0.292 e. The summed E-state index contributed by atoms with van der Waals surface area (Å²) in [4.78, 5) is 15.6. The number of halogens is 1. The lowest BCUT2D eigenvalue weighted by Gasteiger charge is -2.07. The lowest BCUT2D eigenvalue weighted by Crippen LogP contribution is -2.12. The minimum absolute atomic E-state index is 0.115. The van der Waals surface area contributed by atoms with E-state index in [0.717, 1.165) is 0 Å². The molecule has 0 aromatic carbocycles. The van der Waals surface area contributed by atoms with Crippen LogP contribution in [0.4, 0.5) is 4.39 Å². The summed E-state index contributed by atoms with van der Waals surface area (Å²) in [5.41, 5.74) is 1.17. The Morgan fingerprint density at radius 3 is 2.56 bits per heavy atom. The van der Waals surface area contributed by atoms with Gasteiger partial charge in [0.1, 0.15) is 5.69 Å². The highest BCUT2D eigenvalue weighted by Crippen LogP contribution is 2.18. The van der Waals surface area contributed by atoms with Crippen molar-refractivity contribution in [2.45, 2.75) is 13.8 Å². The van der Waals surface area contributed by atoms with Gasteiger partial charge in [-0.2, -0.15) is 0 Å². The third-order valence-corrected chi connectivity index (χ3v) is 2.45. The molecule has 0 N–H and O–H groups in total. The van der Waals surface area contributed by atoms with Crippen molar-refractivity contribution >= 4 is 11.4 Å². The van der Waals surface area contributed by atoms with Crippen LogP contribution < -0.4 is 0 Å². The number of carbonyl (C=O) groups is 1. The molecule has 0 bridgehead atoms. The highest BCUT2D eigenvalue weighted by molar-refractivity contribution is 5.96. The molecule has 1 heterocycles. The van der Waals surface area contributed by atoms with Crippen molar-refractivity contribution in [1.82, 2.24) is 4.98 Å². The lowest BCUT2D eigenvalue weighted by molar-refractivity contribution is 0.0930. The summed E-state index contributed by atoms with van der Waals surface area (Å²) in [6.45, 7) is 10.6. The second-order valence-electron chi connectivity index (χ2n) is 4.14. The van der Waals surface area contributed by atoms with E-state index in [4.69, 9.17) is 0 Å². The van der Waals surface area contributed by atoms with Crippen LogP contribution in [-0.4, -0.2) is 10.8 Å². The van der Waals surface area contributed by atoms with Crippen LogP contribution in [0.2, 0.25) is 0 Å². The van der Waals surface area contributed by atoms with E-state index in [1.54, 1.807) is 32.1 Å². The highest BCUT2D eigenvalue weighted by Gasteiger charge is 2.17. The molecule has 0 atom stereocenters. The van der Waals surface area contributed by atoms with Crippen LogP contribution in [-0.2, 0) is 0 Å². The fourth-order valence-electron chi connectivity index (χ4n) is 1.46. The first-order valence-corrected chi connectivity index (χ1v) is 5.66. The number of aromatic nitrogens is 1. The van der Waals surface area contributed by atoms with Crippen molar-refractivity contribution in [3.05, 3.63) is 60.7 Å². The molecule has 3 heteroatoms. The van der Waals surface area contributed by atoms with Crippen molar-refractivity contribution in [2.24, 2.45) is 5.92 Å². The van der Waals surface area contributed by atoms with Crippen LogP contribution in [0.5, 0.6) is 0 Å². The van der Waals surface area contributed by atoms with Crippen LogP contribution in [0.25, 0.3) is 5.57 Å². The number of hydrogen-bond donors (Lipinski definition) is 0. The molecule has 0 fully saturated rings. The van der Waals surface area contributed by atoms with E-state index in [9.17, 15) is 9.18 Å². The van der Waals surface area contributed by atoms with Gasteiger partial charge in [-0.25, -0.2) is 9.37 Å².